The lowest BCUT2D eigenvalue weighted by Gasteiger charge is -2.13. The van der Waals surface area contributed by atoms with E-state index in [-0.39, 0.29) is 16.7 Å². The van der Waals surface area contributed by atoms with Crippen LogP contribution < -0.4 is 9.47 Å². The fourth-order valence-electron chi connectivity index (χ4n) is 2.87. The summed E-state index contributed by atoms with van der Waals surface area (Å²) in [7, 11) is 0. The lowest BCUT2D eigenvalue weighted by atomic mass is 10.1. The number of alkyl halides is 3. The van der Waals surface area contributed by atoms with Crippen molar-refractivity contribution in [3.8, 4) is 11.5 Å². The van der Waals surface area contributed by atoms with Crippen LogP contribution in [0.15, 0.2) is 55.1 Å². The molecule has 31 heavy (non-hydrogen) atoms. The van der Waals surface area contributed by atoms with Crippen molar-refractivity contribution in [2.45, 2.75) is 19.2 Å². The lowest BCUT2D eigenvalue weighted by Crippen LogP contribution is -2.19. The van der Waals surface area contributed by atoms with E-state index in [0.717, 1.165) is 18.2 Å². The average molecular weight is 440 g/mol. The number of halogens is 6. The van der Waals surface area contributed by atoms with Crippen molar-refractivity contribution in [3.05, 3.63) is 83.7 Å². The van der Waals surface area contributed by atoms with Crippen LogP contribution in [0.1, 0.15) is 22.3 Å². The number of aryl methyl sites for hydroxylation is 1. The fraction of sp³-hybridized carbons (Fsp3) is 0.136. The van der Waals surface area contributed by atoms with Gasteiger partial charge in [0.15, 0.2) is 11.6 Å². The first-order valence-corrected chi connectivity index (χ1v) is 8.88. The van der Waals surface area contributed by atoms with E-state index in [0.29, 0.717) is 24.5 Å². The number of esters is 1. The first-order valence-electron chi connectivity index (χ1n) is 8.88. The summed E-state index contributed by atoms with van der Waals surface area (Å²) in [6.45, 7) is 3.57. The molecule has 3 nitrogen and oxygen atoms in total. The highest BCUT2D eigenvalue weighted by Crippen LogP contribution is 2.35. The Hall–Kier alpha value is -3.49. The van der Waals surface area contributed by atoms with Crippen molar-refractivity contribution in [1.29, 1.82) is 0 Å². The minimum absolute atomic E-state index is 0.184. The number of rotatable bonds is 6. The largest absolute Gasteiger partial charge is 0.573 e. The number of allylic oxidation sites excluding steroid dienone is 1. The van der Waals surface area contributed by atoms with Crippen LogP contribution in [0, 0.1) is 17.5 Å². The maximum Gasteiger partial charge on any atom is 0.573 e. The molecule has 0 saturated heterocycles. The first-order chi connectivity index (χ1) is 14.6. The molecule has 9 heteroatoms. The predicted molar refractivity (Wildman–Crippen MR) is 100 cm³/mol. The molecule has 0 aliphatic heterocycles. The van der Waals surface area contributed by atoms with Crippen LogP contribution in [0.2, 0.25) is 0 Å². The predicted octanol–water partition coefficient (Wildman–Crippen LogP) is 6.49. The summed E-state index contributed by atoms with van der Waals surface area (Å²) < 4.78 is 87.9. The Morgan fingerprint density at radius 3 is 2.39 bits per heavy atom. The summed E-state index contributed by atoms with van der Waals surface area (Å²) in [5, 5.41) is -0.576. The summed E-state index contributed by atoms with van der Waals surface area (Å²) in [6.07, 6.45) is -2.44. The Balaban J connectivity index is 1.86. The van der Waals surface area contributed by atoms with Crippen molar-refractivity contribution < 1.29 is 40.6 Å². The summed E-state index contributed by atoms with van der Waals surface area (Å²) >= 11 is 0. The molecule has 0 fully saturated rings. The second-order valence-electron chi connectivity index (χ2n) is 6.46. The minimum atomic E-state index is -5.28. The normalized spacial score (nSPS) is 11.4. The van der Waals surface area contributed by atoms with Crippen LogP contribution >= 0.6 is 0 Å². The molecule has 0 atom stereocenters. The molecule has 3 aromatic carbocycles. The zero-order valence-electron chi connectivity index (χ0n) is 15.7. The Kier molecular flexibility index (Phi) is 6.24. The minimum Gasteiger partial charge on any atom is -0.423 e. The van der Waals surface area contributed by atoms with Crippen LogP contribution in [0.4, 0.5) is 26.3 Å². The molecule has 0 unspecified atom stereocenters. The van der Waals surface area contributed by atoms with Crippen LogP contribution in [-0.2, 0) is 6.42 Å². The molecule has 0 radical (unpaired) electrons. The van der Waals surface area contributed by atoms with Crippen molar-refractivity contribution >= 4 is 16.7 Å². The first kappa shape index (κ1) is 22.2. The summed E-state index contributed by atoms with van der Waals surface area (Å²) in [4.78, 5) is 12.3. The van der Waals surface area contributed by atoms with E-state index in [9.17, 15) is 31.1 Å². The smallest absolute Gasteiger partial charge is 0.423 e. The van der Waals surface area contributed by atoms with Gasteiger partial charge in [-0.1, -0.05) is 12.1 Å². The molecule has 0 spiro atoms. The van der Waals surface area contributed by atoms with Gasteiger partial charge in [-0.2, -0.15) is 0 Å². The van der Waals surface area contributed by atoms with Gasteiger partial charge in [0.2, 0.25) is 5.75 Å². The van der Waals surface area contributed by atoms with Crippen LogP contribution in [0.25, 0.3) is 10.8 Å². The van der Waals surface area contributed by atoms with Crippen molar-refractivity contribution in [2.24, 2.45) is 0 Å². The Bertz CT molecular complexity index is 1150. The topological polar surface area (TPSA) is 35.5 Å². The van der Waals surface area contributed by atoms with Gasteiger partial charge < -0.3 is 9.47 Å². The van der Waals surface area contributed by atoms with E-state index < -0.39 is 40.9 Å². The third kappa shape index (κ3) is 5.17. The van der Waals surface area contributed by atoms with E-state index in [1.165, 1.54) is 12.1 Å². The van der Waals surface area contributed by atoms with Gasteiger partial charge in [0, 0.05) is 5.39 Å². The van der Waals surface area contributed by atoms with Gasteiger partial charge in [-0.05, 0) is 60.2 Å². The van der Waals surface area contributed by atoms with Crippen molar-refractivity contribution in [1.82, 2.24) is 0 Å². The lowest BCUT2D eigenvalue weighted by molar-refractivity contribution is -0.276. The number of fused-ring (bicyclic) bond motifs is 1. The highest BCUT2D eigenvalue weighted by molar-refractivity contribution is 5.92. The highest BCUT2D eigenvalue weighted by Gasteiger charge is 2.34. The quantitative estimate of drug-likeness (QED) is 0.190. The molecule has 0 aromatic heterocycles. The number of carbonyl (C=O) groups excluding carboxylic acids is 1. The molecule has 3 aromatic rings. The van der Waals surface area contributed by atoms with Gasteiger partial charge in [-0.25, -0.2) is 18.0 Å². The van der Waals surface area contributed by atoms with Gasteiger partial charge in [0.05, 0.1) is 5.56 Å². The third-order valence-electron chi connectivity index (χ3n) is 4.28. The fourth-order valence-corrected chi connectivity index (χ4v) is 2.87. The molecule has 0 heterocycles. The van der Waals surface area contributed by atoms with E-state index >= 15 is 0 Å². The van der Waals surface area contributed by atoms with E-state index in [1.54, 1.807) is 12.1 Å². The maximum atomic E-state index is 14.3. The summed E-state index contributed by atoms with van der Waals surface area (Å²) in [5.74, 6) is -6.79. The molecule has 0 aliphatic carbocycles. The third-order valence-corrected chi connectivity index (χ3v) is 4.28. The number of hydrogen-bond acceptors (Lipinski definition) is 3. The zero-order valence-corrected chi connectivity index (χ0v) is 15.7. The molecular formula is C22H14F6O3. The average Bonchev–Trinajstić information content (AvgIpc) is 2.68. The van der Waals surface area contributed by atoms with E-state index in [2.05, 4.69) is 11.3 Å². The molecule has 0 N–H and O–H groups in total. The van der Waals surface area contributed by atoms with Gasteiger partial charge >= 0.3 is 12.3 Å². The van der Waals surface area contributed by atoms with Gasteiger partial charge in [0.25, 0.3) is 0 Å². The second-order valence-corrected chi connectivity index (χ2v) is 6.46. The number of ether oxygens (including phenoxy) is 2. The van der Waals surface area contributed by atoms with Crippen molar-refractivity contribution in [3.63, 3.8) is 0 Å². The van der Waals surface area contributed by atoms with Gasteiger partial charge in [-0.3, -0.25) is 0 Å². The highest BCUT2D eigenvalue weighted by atomic mass is 19.4. The molecular weight excluding hydrogens is 426 g/mol. The summed E-state index contributed by atoms with van der Waals surface area (Å²) in [5.41, 5.74) is 0.302. The van der Waals surface area contributed by atoms with Crippen LogP contribution in [0.5, 0.6) is 11.5 Å². The molecule has 0 aliphatic rings. The standard InChI is InChI=1S/C22H14F6O3/c1-2-3-4-12-5-7-16(17(23)9-12)21(29)30-14-6-8-15-13(10-14)11-18(24)20(19(15)25)31-22(26,27)28/h2,5-11H,1,3-4H2. The molecule has 162 valence electrons. The van der Waals surface area contributed by atoms with Crippen molar-refractivity contribution in [2.75, 3.05) is 0 Å². The van der Waals surface area contributed by atoms with E-state index in [4.69, 9.17) is 4.74 Å². The molecule has 0 bridgehead atoms. The van der Waals surface area contributed by atoms with Crippen LogP contribution in [-0.4, -0.2) is 12.3 Å². The van der Waals surface area contributed by atoms with E-state index in [1.807, 2.05) is 0 Å². The summed E-state index contributed by atoms with van der Waals surface area (Å²) in [6, 6.07) is 7.69. The molecule has 0 amide bonds. The maximum absolute atomic E-state index is 14.3. The second kappa shape index (κ2) is 8.71. The number of benzene rings is 3. The Labute approximate surface area is 172 Å². The van der Waals surface area contributed by atoms with Gasteiger partial charge in [-0.15, -0.1) is 19.8 Å². The Morgan fingerprint density at radius 1 is 1.00 bits per heavy atom. The molecule has 3 rings (SSSR count). The monoisotopic (exact) mass is 440 g/mol. The number of carbonyl (C=O) groups is 1. The molecule has 0 saturated carbocycles. The zero-order chi connectivity index (χ0) is 22.8. The van der Waals surface area contributed by atoms with Gasteiger partial charge in [0.1, 0.15) is 11.6 Å². The Morgan fingerprint density at radius 2 is 1.74 bits per heavy atom. The number of hydrogen-bond donors (Lipinski definition) is 0. The van der Waals surface area contributed by atoms with Crippen LogP contribution in [0.3, 0.4) is 0 Å². The SMILES string of the molecule is C=CCCc1ccc(C(=O)Oc2ccc3c(F)c(OC(F)(F)F)c(F)cc3c2)c(F)c1.